The Morgan fingerprint density at radius 3 is 2.03 bits per heavy atom. The number of carbonyl (C=O) groups excluding carboxylic acids is 3. The number of hydrogen-bond donors (Lipinski definition) is 1. The number of nitro benzene ring substituents is 1. The fourth-order valence-electron chi connectivity index (χ4n) is 3.12. The highest BCUT2D eigenvalue weighted by atomic mass is 16.6. The number of rotatable bonds is 4. The van der Waals surface area contributed by atoms with Crippen LogP contribution in [0.15, 0.2) is 66.7 Å². The number of amides is 2. The van der Waals surface area contributed by atoms with Crippen molar-refractivity contribution in [2.24, 2.45) is 0 Å². The minimum atomic E-state index is -0.575. The van der Waals surface area contributed by atoms with Crippen molar-refractivity contribution in [3.8, 4) is 5.75 Å². The van der Waals surface area contributed by atoms with Crippen LogP contribution in [0.4, 0.5) is 11.4 Å². The first-order valence-corrected chi connectivity index (χ1v) is 8.48. The third-order valence-corrected chi connectivity index (χ3v) is 4.60. The van der Waals surface area contributed by atoms with Crippen molar-refractivity contribution < 1.29 is 24.4 Å². The molecule has 4 rings (SSSR count). The molecule has 8 heteroatoms. The van der Waals surface area contributed by atoms with E-state index in [2.05, 4.69) is 0 Å². The van der Waals surface area contributed by atoms with Crippen molar-refractivity contribution in [3.05, 3.63) is 99.1 Å². The number of phenols is 1. The van der Waals surface area contributed by atoms with Gasteiger partial charge in [-0.3, -0.25) is 24.5 Å². The van der Waals surface area contributed by atoms with E-state index in [9.17, 15) is 29.6 Å². The number of fused-ring (bicyclic) bond motifs is 1. The first kappa shape index (κ1) is 18.1. The summed E-state index contributed by atoms with van der Waals surface area (Å²) < 4.78 is 0. The lowest BCUT2D eigenvalue weighted by atomic mass is 9.99. The Labute approximate surface area is 163 Å². The van der Waals surface area contributed by atoms with Crippen LogP contribution in [0.25, 0.3) is 0 Å². The third kappa shape index (κ3) is 3.02. The van der Waals surface area contributed by atoms with E-state index in [4.69, 9.17) is 0 Å². The number of nitrogens with zero attached hydrogens (tertiary/aromatic N) is 2. The molecule has 8 nitrogen and oxygen atoms in total. The van der Waals surface area contributed by atoms with Gasteiger partial charge >= 0.3 is 0 Å². The molecular formula is C21H12N2O6. The van der Waals surface area contributed by atoms with Crippen molar-refractivity contribution in [1.29, 1.82) is 0 Å². The zero-order valence-electron chi connectivity index (χ0n) is 14.7. The molecule has 0 saturated carbocycles. The minimum Gasteiger partial charge on any atom is -0.508 e. The number of nitro groups is 1. The number of aromatic hydroxyl groups is 1. The summed E-state index contributed by atoms with van der Waals surface area (Å²) in [5, 5.41) is 20.1. The molecule has 0 fully saturated rings. The molecule has 3 aromatic rings. The summed E-state index contributed by atoms with van der Waals surface area (Å²) in [5.74, 6) is -1.52. The number of carbonyl (C=O) groups is 3. The van der Waals surface area contributed by atoms with E-state index in [1.54, 1.807) is 0 Å². The Kier molecular flexibility index (Phi) is 4.16. The molecule has 29 heavy (non-hydrogen) atoms. The second-order valence-electron chi connectivity index (χ2n) is 6.36. The highest BCUT2D eigenvalue weighted by molar-refractivity contribution is 6.34. The smallest absolute Gasteiger partial charge is 0.269 e. The van der Waals surface area contributed by atoms with Gasteiger partial charge in [0, 0.05) is 23.3 Å². The number of hydrogen-bond acceptors (Lipinski definition) is 6. The first-order valence-electron chi connectivity index (χ1n) is 8.48. The van der Waals surface area contributed by atoms with Crippen LogP contribution in [-0.4, -0.2) is 27.6 Å². The van der Waals surface area contributed by atoms with Crippen LogP contribution in [0.2, 0.25) is 0 Å². The van der Waals surface area contributed by atoms with Gasteiger partial charge in [0.2, 0.25) is 0 Å². The molecule has 0 bridgehead atoms. The van der Waals surface area contributed by atoms with Crippen LogP contribution >= 0.6 is 0 Å². The molecule has 2 amide bonds. The van der Waals surface area contributed by atoms with Crippen LogP contribution in [-0.2, 0) is 0 Å². The summed E-state index contributed by atoms with van der Waals surface area (Å²) in [7, 11) is 0. The number of imide groups is 1. The largest absolute Gasteiger partial charge is 0.508 e. The maximum absolute atomic E-state index is 12.8. The molecule has 0 aromatic heterocycles. The van der Waals surface area contributed by atoms with Crippen molar-refractivity contribution in [1.82, 2.24) is 0 Å². The number of benzene rings is 3. The van der Waals surface area contributed by atoms with Crippen LogP contribution in [0, 0.1) is 10.1 Å². The average Bonchev–Trinajstić information content (AvgIpc) is 2.98. The fourth-order valence-corrected chi connectivity index (χ4v) is 3.12. The van der Waals surface area contributed by atoms with Crippen molar-refractivity contribution in [2.45, 2.75) is 0 Å². The monoisotopic (exact) mass is 388 g/mol. The van der Waals surface area contributed by atoms with Crippen LogP contribution in [0.1, 0.15) is 36.6 Å². The first-order chi connectivity index (χ1) is 13.9. The lowest BCUT2D eigenvalue weighted by molar-refractivity contribution is -0.384. The molecule has 0 radical (unpaired) electrons. The minimum absolute atomic E-state index is 0.00124. The maximum Gasteiger partial charge on any atom is 0.269 e. The van der Waals surface area contributed by atoms with Gasteiger partial charge in [0.1, 0.15) is 5.75 Å². The van der Waals surface area contributed by atoms with Gasteiger partial charge in [0.25, 0.3) is 17.5 Å². The number of anilines is 1. The zero-order valence-corrected chi connectivity index (χ0v) is 14.7. The van der Waals surface area contributed by atoms with Gasteiger partial charge in [-0.1, -0.05) is 6.07 Å². The van der Waals surface area contributed by atoms with Gasteiger partial charge in [-0.05, 0) is 48.5 Å². The van der Waals surface area contributed by atoms with E-state index >= 15 is 0 Å². The summed E-state index contributed by atoms with van der Waals surface area (Å²) in [4.78, 5) is 49.3. The van der Waals surface area contributed by atoms with Gasteiger partial charge < -0.3 is 5.11 Å². The predicted octanol–water partition coefficient (Wildman–Crippen LogP) is 3.33. The fraction of sp³-hybridized carbons (Fsp3) is 0. The second-order valence-corrected chi connectivity index (χ2v) is 6.36. The van der Waals surface area contributed by atoms with Crippen LogP contribution in [0.3, 0.4) is 0 Å². The van der Waals surface area contributed by atoms with Gasteiger partial charge in [0.05, 0.1) is 21.7 Å². The summed E-state index contributed by atoms with van der Waals surface area (Å²) in [6, 6.07) is 14.9. The van der Waals surface area contributed by atoms with Gasteiger partial charge in [-0.25, -0.2) is 4.90 Å². The normalized spacial score (nSPS) is 12.8. The molecule has 0 atom stereocenters. The Morgan fingerprint density at radius 1 is 0.828 bits per heavy atom. The standard InChI is InChI=1S/C21H12N2O6/c24-16-8-6-14(7-9-16)22-20(26)17-10-3-13(11-18(17)21(22)27)19(25)12-1-4-15(5-2-12)23(28)29/h1-11,24H. The van der Waals surface area contributed by atoms with E-state index in [0.717, 1.165) is 4.90 Å². The number of ketones is 1. The second kappa shape index (κ2) is 6.68. The third-order valence-electron chi connectivity index (χ3n) is 4.60. The molecule has 0 saturated heterocycles. The molecule has 0 spiro atoms. The highest BCUT2D eigenvalue weighted by Crippen LogP contribution is 2.30. The molecule has 0 unspecified atom stereocenters. The Bertz CT molecular complexity index is 1180. The molecule has 0 aliphatic carbocycles. The van der Waals surface area contributed by atoms with Crippen molar-refractivity contribution in [2.75, 3.05) is 4.90 Å². The van der Waals surface area contributed by atoms with E-state index < -0.39 is 22.5 Å². The average molecular weight is 388 g/mol. The predicted molar refractivity (Wildman–Crippen MR) is 102 cm³/mol. The van der Waals surface area contributed by atoms with E-state index in [0.29, 0.717) is 5.69 Å². The topological polar surface area (TPSA) is 118 Å². The summed E-state index contributed by atoms with van der Waals surface area (Å²) in [6.07, 6.45) is 0. The molecule has 1 heterocycles. The highest BCUT2D eigenvalue weighted by Gasteiger charge is 2.37. The lowest BCUT2D eigenvalue weighted by Crippen LogP contribution is -2.29. The molecule has 1 N–H and O–H groups in total. The van der Waals surface area contributed by atoms with Crippen molar-refractivity contribution >= 4 is 29.0 Å². The van der Waals surface area contributed by atoms with Crippen molar-refractivity contribution in [3.63, 3.8) is 0 Å². The van der Waals surface area contributed by atoms with E-state index in [-0.39, 0.29) is 33.7 Å². The quantitative estimate of drug-likeness (QED) is 0.317. The van der Waals surface area contributed by atoms with Crippen LogP contribution in [0.5, 0.6) is 5.75 Å². The van der Waals surface area contributed by atoms with Gasteiger partial charge in [-0.15, -0.1) is 0 Å². The van der Waals surface area contributed by atoms with E-state index in [1.807, 2.05) is 0 Å². The Hall–Kier alpha value is -4.33. The van der Waals surface area contributed by atoms with E-state index in [1.165, 1.54) is 66.7 Å². The summed E-state index contributed by atoms with van der Waals surface area (Å²) >= 11 is 0. The molecule has 1 aliphatic heterocycles. The summed E-state index contributed by atoms with van der Waals surface area (Å²) in [6.45, 7) is 0. The molecule has 142 valence electrons. The summed E-state index contributed by atoms with van der Waals surface area (Å²) in [5.41, 5.74) is 0.839. The maximum atomic E-state index is 12.8. The zero-order chi connectivity index (χ0) is 20.7. The number of phenolic OH excluding ortho intramolecular Hbond substituents is 1. The van der Waals surface area contributed by atoms with Gasteiger partial charge in [0.15, 0.2) is 5.78 Å². The lowest BCUT2D eigenvalue weighted by Gasteiger charge is -2.13. The Balaban J connectivity index is 1.67. The molecular weight excluding hydrogens is 376 g/mol. The SMILES string of the molecule is O=C(c1ccc([N+](=O)[O-])cc1)c1ccc2c(c1)C(=O)N(c1ccc(O)cc1)C2=O. The van der Waals surface area contributed by atoms with Gasteiger partial charge in [-0.2, -0.15) is 0 Å². The number of non-ortho nitro benzene ring substituents is 1. The Morgan fingerprint density at radius 2 is 1.41 bits per heavy atom. The molecule has 3 aromatic carbocycles. The molecule has 1 aliphatic rings. The van der Waals surface area contributed by atoms with Crippen LogP contribution < -0.4 is 4.90 Å².